The van der Waals surface area contributed by atoms with Crippen molar-refractivity contribution in [2.24, 2.45) is 17.8 Å². The molecule has 0 aromatic rings. The fourth-order valence-electron chi connectivity index (χ4n) is 4.50. The summed E-state index contributed by atoms with van der Waals surface area (Å²) in [6.07, 6.45) is 7.57. The summed E-state index contributed by atoms with van der Waals surface area (Å²) in [6.45, 7) is 0. The van der Waals surface area contributed by atoms with E-state index in [4.69, 9.17) is 5.73 Å². The molecule has 0 spiro atoms. The van der Waals surface area contributed by atoms with Crippen molar-refractivity contribution in [3.63, 3.8) is 0 Å². The lowest BCUT2D eigenvalue weighted by molar-refractivity contribution is -0.0130. The fraction of sp³-hybridized carbons (Fsp3) is 0.909. The lowest BCUT2D eigenvalue weighted by Gasteiger charge is -2.56. The number of urea groups is 1. The van der Waals surface area contributed by atoms with E-state index in [1.807, 2.05) is 0 Å². The number of hydrogen-bond acceptors (Lipinski definition) is 1. The minimum atomic E-state index is -0.577. The predicted molar refractivity (Wildman–Crippen MR) is 52.5 cm³/mol. The highest BCUT2D eigenvalue weighted by molar-refractivity contribution is 5.71. The summed E-state index contributed by atoms with van der Waals surface area (Å²) < 4.78 is 0. The van der Waals surface area contributed by atoms with Crippen molar-refractivity contribution in [2.75, 3.05) is 0 Å². The predicted octanol–water partition coefficient (Wildman–Crippen LogP) is 1.95. The number of amides is 2. The average molecular weight is 193 g/mol. The third-order valence-electron chi connectivity index (χ3n) is 4.42. The van der Waals surface area contributed by atoms with Crippen LogP contribution in [0.15, 0.2) is 0 Å². The topological polar surface area (TPSA) is 52.9 Å². The summed E-state index contributed by atoms with van der Waals surface area (Å²) in [7, 11) is 0. The molecule has 3 nitrogen and oxygen atoms in total. The van der Waals surface area contributed by atoms with Gasteiger partial charge in [-0.25, -0.2) is 10.5 Å². The average Bonchev–Trinajstić information content (AvgIpc) is 1.96. The normalized spacial score (nSPS) is 49.3. The largest absolute Gasteiger partial charge is 0.333 e. The van der Waals surface area contributed by atoms with Gasteiger partial charge in [-0.1, -0.05) is 0 Å². The minimum Gasteiger partial charge on any atom is -0.331 e. The lowest BCUT2D eigenvalue weighted by atomic mass is 9.53. The molecule has 1 radical (unpaired) electrons. The van der Waals surface area contributed by atoms with Gasteiger partial charge in [0.2, 0.25) is 0 Å². The molecular weight excluding hydrogens is 176 g/mol. The molecule has 4 fully saturated rings. The summed E-state index contributed by atoms with van der Waals surface area (Å²) in [5, 5.41) is 2.92. The highest BCUT2D eigenvalue weighted by Gasteiger charge is 2.51. The SMILES string of the molecule is [NH]C(=O)NC12CC3CC(CC(C3)C1)C2. The molecule has 4 saturated carbocycles. The van der Waals surface area contributed by atoms with Gasteiger partial charge in [0.15, 0.2) is 0 Å². The van der Waals surface area contributed by atoms with E-state index in [0.717, 1.165) is 37.0 Å². The van der Waals surface area contributed by atoms with Crippen LogP contribution >= 0.6 is 0 Å². The molecule has 0 unspecified atom stereocenters. The molecule has 2 N–H and O–H groups in total. The maximum absolute atomic E-state index is 10.9. The van der Waals surface area contributed by atoms with E-state index in [0.29, 0.717) is 0 Å². The van der Waals surface area contributed by atoms with Gasteiger partial charge < -0.3 is 5.32 Å². The van der Waals surface area contributed by atoms with Crippen molar-refractivity contribution in [2.45, 2.75) is 44.1 Å². The summed E-state index contributed by atoms with van der Waals surface area (Å²) in [6, 6.07) is -0.577. The Labute approximate surface area is 84.4 Å². The fourth-order valence-corrected chi connectivity index (χ4v) is 4.50. The maximum Gasteiger partial charge on any atom is 0.333 e. The zero-order valence-electron chi connectivity index (χ0n) is 8.38. The molecule has 4 bridgehead atoms. The molecule has 4 rings (SSSR count). The molecule has 0 atom stereocenters. The zero-order chi connectivity index (χ0) is 9.76. The van der Waals surface area contributed by atoms with E-state index in [1.165, 1.54) is 19.3 Å². The highest BCUT2D eigenvalue weighted by Crippen LogP contribution is 2.55. The van der Waals surface area contributed by atoms with E-state index >= 15 is 0 Å². The molecule has 0 saturated heterocycles. The molecule has 2 amide bonds. The van der Waals surface area contributed by atoms with Crippen LogP contribution < -0.4 is 11.1 Å². The van der Waals surface area contributed by atoms with Crippen LogP contribution in [0.4, 0.5) is 4.79 Å². The Morgan fingerprint density at radius 2 is 1.50 bits per heavy atom. The molecule has 0 heterocycles. The van der Waals surface area contributed by atoms with Crippen molar-refractivity contribution in [3.8, 4) is 0 Å². The van der Waals surface area contributed by atoms with E-state index in [9.17, 15) is 4.79 Å². The quantitative estimate of drug-likeness (QED) is 0.680. The first-order chi connectivity index (χ1) is 6.65. The van der Waals surface area contributed by atoms with Crippen LogP contribution in [0.25, 0.3) is 0 Å². The third kappa shape index (κ3) is 1.22. The molecule has 0 aromatic carbocycles. The van der Waals surface area contributed by atoms with Crippen molar-refractivity contribution < 1.29 is 4.79 Å². The van der Waals surface area contributed by atoms with Crippen molar-refractivity contribution >= 4 is 6.03 Å². The second-order valence-corrected chi connectivity index (χ2v) is 5.65. The van der Waals surface area contributed by atoms with Crippen LogP contribution in [-0.2, 0) is 0 Å². The molecule has 14 heavy (non-hydrogen) atoms. The first kappa shape index (κ1) is 8.57. The van der Waals surface area contributed by atoms with Crippen LogP contribution in [0.5, 0.6) is 0 Å². The smallest absolute Gasteiger partial charge is 0.331 e. The Hall–Kier alpha value is -0.730. The van der Waals surface area contributed by atoms with Crippen molar-refractivity contribution in [1.82, 2.24) is 11.1 Å². The van der Waals surface area contributed by atoms with E-state index in [2.05, 4.69) is 5.32 Å². The Kier molecular flexibility index (Phi) is 1.62. The van der Waals surface area contributed by atoms with E-state index in [1.54, 1.807) is 0 Å². The molecular formula is C11H17N2O. The third-order valence-corrected chi connectivity index (χ3v) is 4.42. The maximum atomic E-state index is 10.9. The second kappa shape index (κ2) is 2.65. The summed E-state index contributed by atoms with van der Waals surface area (Å²) in [5.41, 5.74) is 7.10. The minimum absolute atomic E-state index is 0.0353. The van der Waals surface area contributed by atoms with Crippen molar-refractivity contribution in [3.05, 3.63) is 0 Å². The summed E-state index contributed by atoms with van der Waals surface area (Å²) in [5.74, 6) is 2.52. The molecule has 77 valence electrons. The van der Waals surface area contributed by atoms with E-state index in [-0.39, 0.29) is 5.54 Å². The van der Waals surface area contributed by atoms with Gasteiger partial charge in [0.25, 0.3) is 0 Å². The van der Waals surface area contributed by atoms with Gasteiger partial charge >= 0.3 is 6.03 Å². The van der Waals surface area contributed by atoms with Gasteiger partial charge in [-0.05, 0) is 56.3 Å². The van der Waals surface area contributed by atoms with Crippen LogP contribution in [0.3, 0.4) is 0 Å². The van der Waals surface area contributed by atoms with Crippen LogP contribution in [-0.4, -0.2) is 11.6 Å². The van der Waals surface area contributed by atoms with Crippen LogP contribution in [0.1, 0.15) is 38.5 Å². The van der Waals surface area contributed by atoms with Gasteiger partial charge in [0, 0.05) is 5.54 Å². The number of nitrogens with one attached hydrogen (secondary N) is 2. The van der Waals surface area contributed by atoms with Crippen LogP contribution in [0.2, 0.25) is 0 Å². The monoisotopic (exact) mass is 193 g/mol. The first-order valence-electron chi connectivity index (χ1n) is 5.69. The summed E-state index contributed by atoms with van der Waals surface area (Å²) in [4.78, 5) is 10.9. The number of carbonyl (C=O) groups is 1. The Balaban J connectivity index is 1.83. The summed E-state index contributed by atoms with van der Waals surface area (Å²) >= 11 is 0. The van der Waals surface area contributed by atoms with Gasteiger partial charge in [0.05, 0.1) is 0 Å². The van der Waals surface area contributed by atoms with Gasteiger partial charge in [0.1, 0.15) is 0 Å². The molecule has 0 aliphatic heterocycles. The van der Waals surface area contributed by atoms with E-state index < -0.39 is 6.03 Å². The molecule has 0 aromatic heterocycles. The van der Waals surface area contributed by atoms with Crippen LogP contribution in [0, 0.1) is 17.8 Å². The van der Waals surface area contributed by atoms with Gasteiger partial charge in [-0.3, -0.25) is 0 Å². The lowest BCUT2D eigenvalue weighted by Crippen LogP contribution is -2.59. The van der Waals surface area contributed by atoms with Crippen molar-refractivity contribution in [1.29, 1.82) is 0 Å². The Morgan fingerprint density at radius 3 is 1.86 bits per heavy atom. The first-order valence-corrected chi connectivity index (χ1v) is 5.69. The highest BCUT2D eigenvalue weighted by atomic mass is 16.2. The second-order valence-electron chi connectivity index (χ2n) is 5.65. The standard InChI is InChI=1S/C11H17N2O/c12-10(14)13-11-4-7-1-8(5-11)3-9(2-7)6-11/h7-9,12H,1-6H2,(H,13,14). The Morgan fingerprint density at radius 1 is 1.07 bits per heavy atom. The molecule has 3 heteroatoms. The Bertz CT molecular complexity index is 239. The number of rotatable bonds is 1. The number of hydrogen-bond donors (Lipinski definition) is 1. The van der Waals surface area contributed by atoms with Gasteiger partial charge in [-0.15, -0.1) is 0 Å². The molecule has 4 aliphatic rings. The number of carbonyl (C=O) groups excluding carboxylic acids is 1. The zero-order valence-corrected chi connectivity index (χ0v) is 8.38. The van der Waals surface area contributed by atoms with Gasteiger partial charge in [-0.2, -0.15) is 0 Å². The molecule has 4 aliphatic carbocycles.